The van der Waals surface area contributed by atoms with Crippen molar-refractivity contribution in [1.29, 1.82) is 0 Å². The molecule has 1 heterocycles. The highest BCUT2D eigenvalue weighted by Crippen LogP contribution is 2.24. The van der Waals surface area contributed by atoms with Crippen molar-refractivity contribution in [2.45, 2.75) is 0 Å². The van der Waals surface area contributed by atoms with Crippen molar-refractivity contribution in [3.63, 3.8) is 0 Å². The quantitative estimate of drug-likeness (QED) is 0.613. The maximum atomic E-state index is 13.0. The summed E-state index contributed by atoms with van der Waals surface area (Å²) in [5.74, 6) is 0.986. The Balaban J connectivity index is 1.54. The van der Waals surface area contributed by atoms with Crippen LogP contribution in [0.3, 0.4) is 0 Å². The zero-order valence-electron chi connectivity index (χ0n) is 15.0. The second kappa shape index (κ2) is 8.64. The lowest BCUT2D eigenvalue weighted by Crippen LogP contribution is -2.31. The largest absolute Gasteiger partial charge is 0.497 e. The van der Waals surface area contributed by atoms with E-state index >= 15 is 0 Å². The number of benzene rings is 2. The van der Waals surface area contributed by atoms with E-state index in [1.807, 2.05) is 24.3 Å². The van der Waals surface area contributed by atoms with Crippen molar-refractivity contribution in [2.75, 3.05) is 27.3 Å². The van der Waals surface area contributed by atoms with Crippen molar-refractivity contribution in [3.8, 4) is 22.1 Å². The van der Waals surface area contributed by atoms with Crippen molar-refractivity contribution in [3.05, 3.63) is 65.4 Å². The van der Waals surface area contributed by atoms with Gasteiger partial charge in [-0.1, -0.05) is 0 Å². The Morgan fingerprint density at radius 1 is 1.11 bits per heavy atom. The van der Waals surface area contributed by atoms with Crippen LogP contribution in [0, 0.1) is 5.82 Å². The molecule has 0 aliphatic rings. The van der Waals surface area contributed by atoms with Gasteiger partial charge in [0.1, 0.15) is 34.6 Å². The van der Waals surface area contributed by atoms with Crippen molar-refractivity contribution in [1.82, 2.24) is 9.88 Å². The summed E-state index contributed by atoms with van der Waals surface area (Å²) in [6, 6.07) is 13.3. The molecule has 0 unspecified atom stereocenters. The van der Waals surface area contributed by atoms with Crippen LogP contribution in [-0.4, -0.2) is 43.1 Å². The van der Waals surface area contributed by atoms with Crippen LogP contribution in [0.2, 0.25) is 0 Å². The molecule has 3 aromatic rings. The Kier molecular flexibility index (Phi) is 6.03. The summed E-state index contributed by atoms with van der Waals surface area (Å²) in [5.41, 5.74) is 1.15. The minimum Gasteiger partial charge on any atom is -0.497 e. The first-order valence-corrected chi connectivity index (χ1v) is 9.18. The molecule has 0 atom stereocenters. The highest BCUT2D eigenvalue weighted by molar-refractivity contribution is 7.13. The normalized spacial score (nSPS) is 10.5. The molecule has 0 spiro atoms. The van der Waals surface area contributed by atoms with Gasteiger partial charge < -0.3 is 14.4 Å². The van der Waals surface area contributed by atoms with E-state index in [-0.39, 0.29) is 11.7 Å². The molecule has 3 rings (SSSR count). The Hall–Kier alpha value is -2.93. The van der Waals surface area contributed by atoms with E-state index in [4.69, 9.17) is 9.47 Å². The van der Waals surface area contributed by atoms with Gasteiger partial charge >= 0.3 is 0 Å². The molecule has 2 aromatic carbocycles. The number of carbonyl (C=O) groups is 1. The van der Waals surface area contributed by atoms with Crippen molar-refractivity contribution >= 4 is 17.2 Å². The number of methoxy groups -OCH3 is 1. The summed E-state index contributed by atoms with van der Waals surface area (Å²) in [4.78, 5) is 18.4. The number of likely N-dealkylation sites (N-methyl/N-ethyl adjacent to an activating group) is 1. The Morgan fingerprint density at radius 3 is 2.44 bits per heavy atom. The van der Waals surface area contributed by atoms with Crippen LogP contribution in [0.1, 0.15) is 10.5 Å². The summed E-state index contributed by atoms with van der Waals surface area (Å²) in [5, 5.41) is 2.39. The third-order valence-electron chi connectivity index (χ3n) is 3.92. The maximum Gasteiger partial charge on any atom is 0.273 e. The number of halogens is 1. The number of aromatic nitrogens is 1. The van der Waals surface area contributed by atoms with Gasteiger partial charge in [0.05, 0.1) is 13.7 Å². The van der Waals surface area contributed by atoms with Gasteiger partial charge in [-0.05, 0) is 48.5 Å². The molecule has 0 aliphatic carbocycles. The number of thiazole rings is 1. The molecular formula is C20H19FN2O3S. The van der Waals surface area contributed by atoms with Gasteiger partial charge in [0.15, 0.2) is 0 Å². The van der Waals surface area contributed by atoms with Gasteiger partial charge in [0, 0.05) is 18.0 Å². The Morgan fingerprint density at radius 2 is 1.78 bits per heavy atom. The number of hydrogen-bond donors (Lipinski definition) is 0. The van der Waals surface area contributed by atoms with E-state index < -0.39 is 0 Å². The number of carbonyl (C=O) groups excluding carboxylic acids is 1. The first-order chi connectivity index (χ1) is 13.1. The second-order valence-electron chi connectivity index (χ2n) is 5.80. The van der Waals surface area contributed by atoms with Crippen molar-refractivity contribution in [2.24, 2.45) is 0 Å². The highest BCUT2D eigenvalue weighted by atomic mass is 32.1. The van der Waals surface area contributed by atoms with Gasteiger partial charge in [-0.25, -0.2) is 9.37 Å². The van der Waals surface area contributed by atoms with Gasteiger partial charge in [-0.15, -0.1) is 11.3 Å². The number of amides is 1. The Labute approximate surface area is 161 Å². The fraction of sp³-hybridized carbons (Fsp3) is 0.200. The minimum absolute atomic E-state index is 0.182. The summed E-state index contributed by atoms with van der Waals surface area (Å²) >= 11 is 1.35. The number of ether oxygens (including phenoxy) is 2. The monoisotopic (exact) mass is 386 g/mol. The second-order valence-corrected chi connectivity index (χ2v) is 6.65. The summed E-state index contributed by atoms with van der Waals surface area (Å²) in [7, 11) is 3.31. The average molecular weight is 386 g/mol. The maximum absolute atomic E-state index is 13.0. The molecule has 0 saturated carbocycles. The first-order valence-electron chi connectivity index (χ1n) is 8.30. The molecule has 0 saturated heterocycles. The van der Waals surface area contributed by atoms with Gasteiger partial charge in [-0.2, -0.15) is 0 Å². The van der Waals surface area contributed by atoms with E-state index in [2.05, 4.69) is 4.98 Å². The molecule has 0 fully saturated rings. The van der Waals surface area contributed by atoms with Crippen LogP contribution >= 0.6 is 11.3 Å². The molecule has 140 valence electrons. The lowest BCUT2D eigenvalue weighted by molar-refractivity contribution is 0.0769. The smallest absolute Gasteiger partial charge is 0.273 e. The van der Waals surface area contributed by atoms with E-state index in [0.29, 0.717) is 29.6 Å². The average Bonchev–Trinajstić information content (AvgIpc) is 3.18. The van der Waals surface area contributed by atoms with Crippen LogP contribution < -0.4 is 9.47 Å². The highest BCUT2D eigenvalue weighted by Gasteiger charge is 2.16. The first kappa shape index (κ1) is 18.8. The lowest BCUT2D eigenvalue weighted by Gasteiger charge is -2.16. The van der Waals surface area contributed by atoms with Crippen LogP contribution in [0.25, 0.3) is 10.6 Å². The van der Waals surface area contributed by atoms with Crippen LogP contribution in [0.15, 0.2) is 53.9 Å². The van der Waals surface area contributed by atoms with Crippen LogP contribution in [0.5, 0.6) is 11.5 Å². The van der Waals surface area contributed by atoms with Crippen molar-refractivity contribution < 1.29 is 18.7 Å². The molecule has 0 radical (unpaired) electrons. The number of rotatable bonds is 7. The molecule has 27 heavy (non-hydrogen) atoms. The molecular weight excluding hydrogens is 367 g/mol. The predicted octanol–water partition coefficient (Wildman–Crippen LogP) is 4.11. The predicted molar refractivity (Wildman–Crippen MR) is 103 cm³/mol. The van der Waals surface area contributed by atoms with E-state index in [0.717, 1.165) is 11.3 Å². The zero-order valence-corrected chi connectivity index (χ0v) is 15.8. The standard InChI is InChI=1S/C20H19FN2O3S/c1-23(11-12-26-17-9-7-16(25-2)8-10-17)20(24)18-13-27-19(22-18)14-3-5-15(21)6-4-14/h3-10,13H,11-12H2,1-2H3. The lowest BCUT2D eigenvalue weighted by atomic mass is 10.2. The fourth-order valence-corrected chi connectivity index (χ4v) is 3.17. The molecule has 1 amide bonds. The topological polar surface area (TPSA) is 51.7 Å². The molecule has 5 nitrogen and oxygen atoms in total. The fourth-order valence-electron chi connectivity index (χ4n) is 2.37. The Bertz CT molecular complexity index is 894. The van der Waals surface area contributed by atoms with E-state index in [9.17, 15) is 9.18 Å². The SMILES string of the molecule is COc1ccc(OCCN(C)C(=O)c2csc(-c3ccc(F)cc3)n2)cc1. The zero-order chi connectivity index (χ0) is 19.2. The molecule has 0 aliphatic heterocycles. The summed E-state index contributed by atoms with van der Waals surface area (Å²) in [6.07, 6.45) is 0. The van der Waals surface area contributed by atoms with Crippen LogP contribution in [0.4, 0.5) is 4.39 Å². The third-order valence-corrected chi connectivity index (χ3v) is 4.81. The summed E-state index contributed by atoms with van der Waals surface area (Å²) in [6.45, 7) is 0.789. The number of nitrogens with zero attached hydrogens (tertiary/aromatic N) is 2. The summed E-state index contributed by atoms with van der Waals surface area (Å²) < 4.78 is 23.8. The third kappa shape index (κ3) is 4.83. The molecule has 0 bridgehead atoms. The van der Waals surface area contributed by atoms with Gasteiger partial charge in [0.25, 0.3) is 5.91 Å². The minimum atomic E-state index is -0.303. The van der Waals surface area contributed by atoms with E-state index in [1.54, 1.807) is 36.6 Å². The molecule has 0 N–H and O–H groups in total. The van der Waals surface area contributed by atoms with E-state index in [1.165, 1.54) is 23.5 Å². The van der Waals surface area contributed by atoms with Gasteiger partial charge in [-0.3, -0.25) is 4.79 Å². The number of hydrogen-bond acceptors (Lipinski definition) is 5. The van der Waals surface area contributed by atoms with Gasteiger partial charge in [0.2, 0.25) is 0 Å². The molecule has 7 heteroatoms. The molecule has 1 aromatic heterocycles. The van der Waals surface area contributed by atoms with Crippen LogP contribution in [-0.2, 0) is 0 Å².